The van der Waals surface area contributed by atoms with E-state index in [9.17, 15) is 20.0 Å². The third-order valence-corrected chi connectivity index (χ3v) is 11.8. The lowest BCUT2D eigenvalue weighted by molar-refractivity contribution is -0.383. The Morgan fingerprint density at radius 3 is 2.59 bits per heavy atom. The van der Waals surface area contributed by atoms with Gasteiger partial charge in [0.05, 0.1) is 22.1 Å². The Labute approximate surface area is 200 Å². The second-order valence-corrected chi connectivity index (χ2v) is 15.2. The van der Waals surface area contributed by atoms with Crippen LogP contribution in [0, 0.1) is 10.1 Å². The summed E-state index contributed by atoms with van der Waals surface area (Å²) in [5.41, 5.74) is 0.0281. The zero-order valence-corrected chi connectivity index (χ0v) is 21.8. The van der Waals surface area contributed by atoms with Crippen LogP contribution >= 0.6 is 23.2 Å². The summed E-state index contributed by atoms with van der Waals surface area (Å²) in [7, 11) is -2.07. The molecule has 0 bridgehead atoms. The molecule has 0 unspecified atom stereocenters. The standard InChI is InChI=1S/C21H33Cl2N3O5Si/c1-21(2,3)32(4,5)31-17-9-7-13-25(20(27)28)16(17)8-6-12-24-15-11-10-14(22)18(23)19(15)26(29)30/h10-11,16-17,24H,6-9,12-13H2,1-5H3,(H,27,28)/t16-,17+/m1/s1. The Morgan fingerprint density at radius 1 is 1.38 bits per heavy atom. The van der Waals surface area contributed by atoms with Crippen LogP contribution in [0.3, 0.4) is 0 Å². The van der Waals surface area contributed by atoms with Gasteiger partial charge in [0, 0.05) is 13.1 Å². The molecule has 8 nitrogen and oxygen atoms in total. The molecule has 2 N–H and O–H groups in total. The second kappa shape index (κ2) is 10.6. The average Bonchev–Trinajstić information content (AvgIpc) is 2.67. The zero-order valence-electron chi connectivity index (χ0n) is 19.3. The topological polar surface area (TPSA) is 105 Å². The lowest BCUT2D eigenvalue weighted by Gasteiger charge is -2.46. The van der Waals surface area contributed by atoms with Crippen LogP contribution in [0.25, 0.3) is 0 Å². The fraction of sp³-hybridized carbons (Fsp3) is 0.667. The number of nitro benzene ring substituents is 1. The third-order valence-electron chi connectivity index (χ3n) is 6.46. The van der Waals surface area contributed by atoms with Gasteiger partial charge in [-0.3, -0.25) is 10.1 Å². The van der Waals surface area contributed by atoms with E-state index in [1.165, 1.54) is 17.0 Å². The van der Waals surface area contributed by atoms with Gasteiger partial charge in [0.15, 0.2) is 8.32 Å². The van der Waals surface area contributed by atoms with E-state index in [4.69, 9.17) is 27.6 Å². The van der Waals surface area contributed by atoms with E-state index >= 15 is 0 Å². The molecule has 0 saturated carbocycles. The van der Waals surface area contributed by atoms with Crippen LogP contribution in [-0.4, -0.2) is 54.6 Å². The molecular weight excluding hydrogens is 473 g/mol. The van der Waals surface area contributed by atoms with Crippen molar-refractivity contribution < 1.29 is 19.3 Å². The van der Waals surface area contributed by atoms with Crippen LogP contribution in [0.1, 0.15) is 46.5 Å². The molecule has 32 heavy (non-hydrogen) atoms. The number of nitrogens with one attached hydrogen (secondary N) is 1. The van der Waals surface area contributed by atoms with Crippen molar-refractivity contribution in [2.24, 2.45) is 0 Å². The molecule has 2 atom stereocenters. The molecule has 0 aliphatic carbocycles. The predicted molar refractivity (Wildman–Crippen MR) is 131 cm³/mol. The summed E-state index contributed by atoms with van der Waals surface area (Å²) in [6, 6.07) is 2.79. The van der Waals surface area contributed by atoms with Crippen molar-refractivity contribution in [1.82, 2.24) is 4.90 Å². The van der Waals surface area contributed by atoms with E-state index in [1.807, 2.05) is 0 Å². The maximum Gasteiger partial charge on any atom is 0.407 e. The van der Waals surface area contributed by atoms with Crippen LogP contribution in [0.4, 0.5) is 16.2 Å². The maximum absolute atomic E-state index is 11.9. The van der Waals surface area contributed by atoms with Gasteiger partial charge in [-0.25, -0.2) is 4.79 Å². The number of nitro groups is 1. The summed E-state index contributed by atoms with van der Waals surface area (Å²) < 4.78 is 6.62. The van der Waals surface area contributed by atoms with Crippen LogP contribution in [0.2, 0.25) is 28.2 Å². The first-order chi connectivity index (χ1) is 14.8. The number of carbonyl (C=O) groups is 1. The van der Waals surface area contributed by atoms with E-state index in [2.05, 4.69) is 39.2 Å². The lowest BCUT2D eigenvalue weighted by atomic mass is 9.95. The van der Waals surface area contributed by atoms with Crippen LogP contribution < -0.4 is 5.32 Å². The average molecular weight is 507 g/mol. The number of anilines is 1. The zero-order chi connectivity index (χ0) is 24.3. The van der Waals surface area contributed by atoms with Crippen molar-refractivity contribution in [1.29, 1.82) is 0 Å². The summed E-state index contributed by atoms with van der Waals surface area (Å²) in [6.45, 7) is 11.8. The van der Waals surface area contributed by atoms with Crippen molar-refractivity contribution >= 4 is 49.0 Å². The van der Waals surface area contributed by atoms with Gasteiger partial charge in [-0.15, -0.1) is 0 Å². The molecule has 1 fully saturated rings. The highest BCUT2D eigenvalue weighted by atomic mass is 35.5. The van der Waals surface area contributed by atoms with Crippen molar-refractivity contribution in [2.45, 2.75) is 76.7 Å². The van der Waals surface area contributed by atoms with E-state index in [0.29, 0.717) is 25.9 Å². The molecule has 1 aromatic carbocycles. The summed E-state index contributed by atoms with van der Waals surface area (Å²) in [5.74, 6) is 0. The molecule has 1 amide bonds. The summed E-state index contributed by atoms with van der Waals surface area (Å²) >= 11 is 11.9. The fourth-order valence-corrected chi connectivity index (χ4v) is 5.46. The van der Waals surface area contributed by atoms with Crippen LogP contribution in [0.15, 0.2) is 12.1 Å². The van der Waals surface area contributed by atoms with Crippen molar-refractivity contribution in [3.8, 4) is 0 Å². The molecule has 2 rings (SSSR count). The number of benzene rings is 1. The third kappa shape index (κ3) is 6.27. The number of amides is 1. The largest absolute Gasteiger partial charge is 0.465 e. The Hall–Kier alpha value is -1.55. The van der Waals surface area contributed by atoms with E-state index in [1.54, 1.807) is 0 Å². The van der Waals surface area contributed by atoms with E-state index < -0.39 is 19.3 Å². The van der Waals surface area contributed by atoms with Crippen molar-refractivity contribution in [3.05, 3.63) is 32.3 Å². The number of hydrogen-bond acceptors (Lipinski definition) is 5. The van der Waals surface area contributed by atoms with Gasteiger partial charge in [0.25, 0.3) is 0 Å². The molecule has 0 radical (unpaired) electrons. The minimum atomic E-state index is -2.07. The number of halogens is 2. The van der Waals surface area contributed by atoms with Crippen LogP contribution in [-0.2, 0) is 4.43 Å². The highest BCUT2D eigenvalue weighted by Gasteiger charge is 2.43. The summed E-state index contributed by atoms with van der Waals surface area (Å²) in [4.78, 5) is 24.2. The Morgan fingerprint density at radius 2 is 2.03 bits per heavy atom. The minimum absolute atomic E-state index is 0.0252. The van der Waals surface area contributed by atoms with Gasteiger partial charge in [0.2, 0.25) is 0 Å². The normalized spacial score (nSPS) is 19.7. The fourth-order valence-electron chi connectivity index (χ4n) is 3.69. The molecule has 1 aliphatic heterocycles. The Bertz CT molecular complexity index is 847. The lowest BCUT2D eigenvalue weighted by Crippen LogP contribution is -2.55. The van der Waals surface area contributed by atoms with Gasteiger partial charge < -0.3 is 19.7 Å². The SMILES string of the molecule is CC(C)(C)[Si](C)(C)O[C@H]1CCCN(C(=O)O)[C@@H]1CCCNc1ccc(Cl)c(Cl)c1[N+](=O)[O-]. The molecule has 1 aliphatic rings. The van der Waals surface area contributed by atoms with Crippen molar-refractivity contribution in [3.63, 3.8) is 0 Å². The maximum atomic E-state index is 11.9. The number of hydrogen-bond donors (Lipinski definition) is 2. The quantitative estimate of drug-likeness (QED) is 0.178. The van der Waals surface area contributed by atoms with Gasteiger partial charge >= 0.3 is 11.8 Å². The molecule has 180 valence electrons. The highest BCUT2D eigenvalue weighted by molar-refractivity contribution is 6.74. The van der Waals surface area contributed by atoms with Gasteiger partial charge in [-0.05, 0) is 55.9 Å². The first-order valence-electron chi connectivity index (χ1n) is 10.8. The summed E-state index contributed by atoms with van der Waals surface area (Å²) in [5, 5.41) is 24.2. The predicted octanol–water partition coefficient (Wildman–Crippen LogP) is 6.63. The monoisotopic (exact) mass is 505 g/mol. The molecule has 1 aromatic rings. The van der Waals surface area contributed by atoms with Gasteiger partial charge in [0.1, 0.15) is 10.7 Å². The minimum Gasteiger partial charge on any atom is -0.465 e. The second-order valence-electron chi connectivity index (χ2n) is 9.69. The first kappa shape index (κ1) is 26.7. The molecule has 11 heteroatoms. The number of rotatable bonds is 8. The smallest absolute Gasteiger partial charge is 0.407 e. The number of carboxylic acid groups (broad SMARTS) is 1. The number of piperidine rings is 1. The Kier molecular flexibility index (Phi) is 8.83. The molecule has 0 aromatic heterocycles. The van der Waals surface area contributed by atoms with E-state index in [-0.39, 0.29) is 38.6 Å². The van der Waals surface area contributed by atoms with Crippen molar-refractivity contribution in [2.75, 3.05) is 18.4 Å². The molecule has 0 spiro atoms. The molecule has 1 heterocycles. The van der Waals surface area contributed by atoms with Gasteiger partial charge in [-0.1, -0.05) is 44.0 Å². The number of nitrogens with zero attached hydrogens (tertiary/aromatic N) is 2. The molecule has 1 saturated heterocycles. The first-order valence-corrected chi connectivity index (χ1v) is 14.5. The van der Waals surface area contributed by atoms with Crippen LogP contribution in [0.5, 0.6) is 0 Å². The van der Waals surface area contributed by atoms with E-state index in [0.717, 1.165) is 12.8 Å². The molecular formula is C21H33Cl2N3O5Si. The Balaban J connectivity index is 2.10. The number of likely N-dealkylation sites (tertiary alicyclic amines) is 1. The summed E-state index contributed by atoms with van der Waals surface area (Å²) in [6.07, 6.45) is 1.71. The van der Waals surface area contributed by atoms with Gasteiger partial charge in [-0.2, -0.15) is 0 Å². The highest BCUT2D eigenvalue weighted by Crippen LogP contribution is 2.40.